The zero-order chi connectivity index (χ0) is 18.6. The van der Waals surface area contributed by atoms with Crippen molar-refractivity contribution in [2.75, 3.05) is 7.05 Å². The maximum Gasteiger partial charge on any atom is 0.253 e. The average molecular weight is 382 g/mol. The van der Waals surface area contributed by atoms with Crippen LogP contribution in [0.5, 0.6) is 0 Å². The lowest BCUT2D eigenvalue weighted by molar-refractivity contribution is 0.0950. The smallest absolute Gasteiger partial charge is 0.253 e. The molecule has 134 valence electrons. The number of carbonyl (C=O) groups is 1. The molecular formula is C17H20ClN3O3S. The Balaban J connectivity index is 2.03. The van der Waals surface area contributed by atoms with Crippen molar-refractivity contribution in [1.82, 2.24) is 14.6 Å². The van der Waals surface area contributed by atoms with E-state index in [1.54, 1.807) is 43.4 Å². The van der Waals surface area contributed by atoms with Gasteiger partial charge in [0.2, 0.25) is 10.0 Å². The number of carbonyl (C=O) groups excluding carboxylic acids is 1. The molecule has 25 heavy (non-hydrogen) atoms. The van der Waals surface area contributed by atoms with Crippen LogP contribution in [0.4, 0.5) is 0 Å². The summed E-state index contributed by atoms with van der Waals surface area (Å²) >= 11 is 5.69. The van der Waals surface area contributed by atoms with Crippen LogP contribution in [-0.2, 0) is 16.6 Å². The van der Waals surface area contributed by atoms with Crippen LogP contribution in [0.3, 0.4) is 0 Å². The number of pyridine rings is 1. The minimum atomic E-state index is -3.51. The first-order valence-electron chi connectivity index (χ1n) is 7.68. The number of rotatable bonds is 6. The SMILES string of the molecule is CC(C)N(C)S(=O)(=O)c1ccc(CNC(=O)c2ccc(Cl)nc2)cc1. The molecule has 0 bridgehead atoms. The molecule has 0 saturated carbocycles. The number of nitrogens with one attached hydrogen (secondary N) is 1. The summed E-state index contributed by atoms with van der Waals surface area (Å²) in [5.41, 5.74) is 1.20. The first kappa shape index (κ1) is 19.4. The van der Waals surface area contributed by atoms with Crippen LogP contribution in [0.1, 0.15) is 29.8 Å². The molecule has 1 aromatic heterocycles. The van der Waals surface area contributed by atoms with Crippen LogP contribution in [0.25, 0.3) is 0 Å². The van der Waals surface area contributed by atoms with Crippen molar-refractivity contribution in [2.24, 2.45) is 0 Å². The summed E-state index contributed by atoms with van der Waals surface area (Å²) in [7, 11) is -1.96. The highest BCUT2D eigenvalue weighted by Gasteiger charge is 2.22. The van der Waals surface area contributed by atoms with Gasteiger partial charge in [0, 0.05) is 25.8 Å². The van der Waals surface area contributed by atoms with E-state index in [2.05, 4.69) is 10.3 Å². The average Bonchev–Trinajstić information content (AvgIpc) is 2.59. The van der Waals surface area contributed by atoms with Crippen LogP contribution >= 0.6 is 11.6 Å². The molecule has 0 radical (unpaired) electrons. The Labute approximate surface area is 152 Å². The Morgan fingerprint density at radius 2 is 1.84 bits per heavy atom. The van der Waals surface area contributed by atoms with E-state index < -0.39 is 10.0 Å². The lowest BCUT2D eigenvalue weighted by atomic mass is 10.2. The van der Waals surface area contributed by atoms with Crippen LogP contribution in [0, 0.1) is 0 Å². The predicted molar refractivity (Wildman–Crippen MR) is 96.9 cm³/mol. The van der Waals surface area contributed by atoms with Gasteiger partial charge in [0.05, 0.1) is 10.5 Å². The highest BCUT2D eigenvalue weighted by Crippen LogP contribution is 2.17. The highest BCUT2D eigenvalue weighted by molar-refractivity contribution is 7.89. The molecule has 6 nitrogen and oxygen atoms in total. The minimum absolute atomic E-state index is 0.128. The number of benzene rings is 1. The molecule has 0 unspecified atom stereocenters. The molecule has 1 heterocycles. The van der Waals surface area contributed by atoms with E-state index in [-0.39, 0.29) is 23.4 Å². The lowest BCUT2D eigenvalue weighted by Crippen LogP contribution is -2.33. The number of nitrogens with zero attached hydrogens (tertiary/aromatic N) is 2. The van der Waals surface area contributed by atoms with Crippen molar-refractivity contribution in [1.29, 1.82) is 0 Å². The molecule has 0 aliphatic carbocycles. The van der Waals surface area contributed by atoms with E-state index >= 15 is 0 Å². The van der Waals surface area contributed by atoms with E-state index in [4.69, 9.17) is 11.6 Å². The quantitative estimate of drug-likeness (QED) is 0.780. The summed E-state index contributed by atoms with van der Waals surface area (Å²) in [6.07, 6.45) is 1.40. The molecule has 2 aromatic rings. The van der Waals surface area contributed by atoms with Gasteiger partial charge in [0.15, 0.2) is 0 Å². The second-order valence-corrected chi connectivity index (χ2v) is 8.20. The fraction of sp³-hybridized carbons (Fsp3) is 0.294. The van der Waals surface area contributed by atoms with Gasteiger partial charge in [0.25, 0.3) is 5.91 Å². The number of hydrogen-bond acceptors (Lipinski definition) is 4. The lowest BCUT2D eigenvalue weighted by Gasteiger charge is -2.21. The Hall–Kier alpha value is -1.96. The van der Waals surface area contributed by atoms with Gasteiger partial charge in [-0.1, -0.05) is 23.7 Å². The fourth-order valence-electron chi connectivity index (χ4n) is 2.02. The van der Waals surface area contributed by atoms with Gasteiger partial charge < -0.3 is 5.32 Å². The van der Waals surface area contributed by atoms with Crippen molar-refractivity contribution >= 4 is 27.5 Å². The monoisotopic (exact) mass is 381 g/mol. The molecule has 0 spiro atoms. The molecule has 0 aliphatic rings. The third-order valence-electron chi connectivity index (χ3n) is 3.77. The second-order valence-electron chi connectivity index (χ2n) is 5.81. The first-order chi connectivity index (χ1) is 11.7. The fourth-order valence-corrected chi connectivity index (χ4v) is 3.50. The van der Waals surface area contributed by atoms with Gasteiger partial charge in [0.1, 0.15) is 5.15 Å². The van der Waals surface area contributed by atoms with Gasteiger partial charge in [-0.15, -0.1) is 0 Å². The van der Waals surface area contributed by atoms with Crippen LogP contribution in [0.15, 0.2) is 47.5 Å². The number of halogens is 1. The standard InChI is InChI=1S/C17H20ClN3O3S/c1-12(2)21(3)25(23,24)15-7-4-13(5-8-15)10-20-17(22)14-6-9-16(18)19-11-14/h4-9,11-12H,10H2,1-3H3,(H,20,22). The van der Waals surface area contributed by atoms with E-state index in [9.17, 15) is 13.2 Å². The van der Waals surface area contributed by atoms with Gasteiger partial charge in [-0.2, -0.15) is 4.31 Å². The van der Waals surface area contributed by atoms with Gasteiger partial charge in [-0.05, 0) is 43.7 Å². The Bertz CT molecular complexity index is 834. The van der Waals surface area contributed by atoms with Crippen molar-refractivity contribution in [3.8, 4) is 0 Å². The molecule has 0 aliphatic heterocycles. The van der Waals surface area contributed by atoms with Crippen molar-refractivity contribution in [2.45, 2.75) is 31.3 Å². The van der Waals surface area contributed by atoms with E-state index in [0.29, 0.717) is 10.7 Å². The number of amides is 1. The van der Waals surface area contributed by atoms with E-state index in [1.807, 2.05) is 13.8 Å². The zero-order valence-electron chi connectivity index (χ0n) is 14.2. The topological polar surface area (TPSA) is 79.4 Å². The van der Waals surface area contributed by atoms with Crippen LogP contribution in [0.2, 0.25) is 5.15 Å². The molecule has 0 atom stereocenters. The Kier molecular flexibility index (Phi) is 6.16. The molecule has 1 N–H and O–H groups in total. The summed E-state index contributed by atoms with van der Waals surface area (Å²) in [6, 6.07) is 9.45. The minimum Gasteiger partial charge on any atom is -0.348 e. The molecule has 8 heteroatoms. The molecule has 2 rings (SSSR count). The van der Waals surface area contributed by atoms with Gasteiger partial charge >= 0.3 is 0 Å². The van der Waals surface area contributed by atoms with Crippen molar-refractivity contribution in [3.63, 3.8) is 0 Å². The largest absolute Gasteiger partial charge is 0.348 e. The van der Waals surface area contributed by atoms with Crippen LogP contribution in [-0.4, -0.2) is 36.7 Å². The first-order valence-corrected chi connectivity index (χ1v) is 9.50. The second kappa shape index (κ2) is 7.95. The zero-order valence-corrected chi connectivity index (χ0v) is 15.8. The maximum atomic E-state index is 12.4. The Morgan fingerprint density at radius 3 is 2.36 bits per heavy atom. The van der Waals surface area contributed by atoms with E-state index in [1.165, 1.54) is 10.5 Å². The summed E-state index contributed by atoms with van der Waals surface area (Å²) in [6.45, 7) is 3.90. The normalized spacial score (nSPS) is 11.8. The predicted octanol–water partition coefficient (Wildman–Crippen LogP) is 2.69. The summed E-state index contributed by atoms with van der Waals surface area (Å²) < 4.78 is 26.1. The number of sulfonamides is 1. The Morgan fingerprint density at radius 1 is 1.20 bits per heavy atom. The maximum absolute atomic E-state index is 12.4. The summed E-state index contributed by atoms with van der Waals surface area (Å²) in [4.78, 5) is 16.1. The summed E-state index contributed by atoms with van der Waals surface area (Å²) in [5.74, 6) is -0.277. The van der Waals surface area contributed by atoms with Gasteiger partial charge in [-0.3, -0.25) is 4.79 Å². The molecular weight excluding hydrogens is 362 g/mol. The van der Waals surface area contributed by atoms with E-state index in [0.717, 1.165) is 5.56 Å². The highest BCUT2D eigenvalue weighted by atomic mass is 35.5. The van der Waals surface area contributed by atoms with Crippen molar-refractivity contribution < 1.29 is 13.2 Å². The number of hydrogen-bond donors (Lipinski definition) is 1. The number of aromatic nitrogens is 1. The molecule has 1 aromatic carbocycles. The molecule has 0 fully saturated rings. The third-order valence-corrected chi connectivity index (χ3v) is 6.04. The van der Waals surface area contributed by atoms with Crippen molar-refractivity contribution in [3.05, 3.63) is 58.9 Å². The van der Waals surface area contributed by atoms with Gasteiger partial charge in [-0.25, -0.2) is 13.4 Å². The molecule has 0 saturated heterocycles. The van der Waals surface area contributed by atoms with Crippen LogP contribution < -0.4 is 5.32 Å². The molecule has 1 amide bonds. The third kappa shape index (κ3) is 4.78. The summed E-state index contributed by atoms with van der Waals surface area (Å²) in [5, 5.41) is 3.07.